The molecule has 0 saturated carbocycles. The minimum absolute atomic E-state index is 0.000222. The molecule has 0 aliphatic heterocycles. The first-order chi connectivity index (χ1) is 9.51. The van der Waals surface area contributed by atoms with Crippen LogP contribution in [0, 0.1) is 13.8 Å². The second-order valence-electron chi connectivity index (χ2n) is 4.79. The summed E-state index contributed by atoms with van der Waals surface area (Å²) in [6.07, 6.45) is 0. The molecule has 20 heavy (non-hydrogen) atoms. The molecule has 1 aromatic carbocycles. The van der Waals surface area contributed by atoms with Crippen molar-refractivity contribution in [1.82, 2.24) is 5.32 Å². The van der Waals surface area contributed by atoms with Crippen LogP contribution in [0.2, 0.25) is 0 Å². The minimum Gasteiger partial charge on any atom is -0.345 e. The van der Waals surface area contributed by atoms with Gasteiger partial charge in [0.15, 0.2) is 0 Å². The van der Waals surface area contributed by atoms with E-state index >= 15 is 0 Å². The quantitative estimate of drug-likeness (QED) is 0.598. The summed E-state index contributed by atoms with van der Waals surface area (Å²) in [6.45, 7) is 6.16. The number of rotatable bonds is 4. The Morgan fingerprint density at radius 2 is 1.90 bits per heavy atom. The van der Waals surface area contributed by atoms with Crippen molar-refractivity contribution in [3.63, 3.8) is 0 Å². The number of hydrogen-bond donors (Lipinski definition) is 3. The number of carbonyl (C=O) groups excluding carboxylic acids is 1. The largest absolute Gasteiger partial charge is 0.345 e. The van der Waals surface area contributed by atoms with Gasteiger partial charge >= 0.3 is 0 Å². The molecular formula is C15H19N3OS. The first-order valence-corrected chi connectivity index (χ1v) is 7.27. The van der Waals surface area contributed by atoms with Crippen molar-refractivity contribution in [3.05, 3.63) is 51.2 Å². The molecule has 0 spiro atoms. The van der Waals surface area contributed by atoms with E-state index in [9.17, 15) is 4.79 Å². The maximum absolute atomic E-state index is 12.2. The van der Waals surface area contributed by atoms with Gasteiger partial charge in [0, 0.05) is 21.0 Å². The van der Waals surface area contributed by atoms with Gasteiger partial charge < -0.3 is 10.7 Å². The Bertz CT molecular complexity index is 604. The summed E-state index contributed by atoms with van der Waals surface area (Å²) in [4.78, 5) is 14.7. The minimum atomic E-state index is -0.0793. The molecule has 1 unspecified atom stereocenters. The molecule has 5 heteroatoms. The number of thiophene rings is 1. The van der Waals surface area contributed by atoms with E-state index < -0.39 is 0 Å². The van der Waals surface area contributed by atoms with Gasteiger partial charge in [-0.15, -0.1) is 11.3 Å². The number of nitrogens with one attached hydrogen (secondary N) is 2. The average molecular weight is 289 g/mol. The summed E-state index contributed by atoms with van der Waals surface area (Å²) in [5.74, 6) is 5.22. The number of anilines is 1. The van der Waals surface area contributed by atoms with Gasteiger partial charge in [-0.3, -0.25) is 10.6 Å². The fraction of sp³-hybridized carbons (Fsp3) is 0.267. The fourth-order valence-electron chi connectivity index (χ4n) is 2.16. The Kier molecular flexibility index (Phi) is 4.42. The zero-order chi connectivity index (χ0) is 14.7. The lowest BCUT2D eigenvalue weighted by molar-refractivity contribution is 0.0940. The molecule has 4 nitrogen and oxygen atoms in total. The molecule has 106 valence electrons. The number of carbonyl (C=O) groups is 1. The van der Waals surface area contributed by atoms with Gasteiger partial charge in [-0.25, -0.2) is 0 Å². The van der Waals surface area contributed by atoms with Crippen molar-refractivity contribution in [2.75, 3.05) is 5.43 Å². The molecule has 0 saturated heterocycles. The fourth-order valence-corrected chi connectivity index (χ4v) is 3.18. The van der Waals surface area contributed by atoms with E-state index in [4.69, 9.17) is 5.84 Å². The molecule has 0 aliphatic carbocycles. The van der Waals surface area contributed by atoms with E-state index in [0.717, 1.165) is 5.69 Å². The van der Waals surface area contributed by atoms with Crippen molar-refractivity contribution < 1.29 is 4.79 Å². The lowest BCUT2D eigenvalue weighted by Gasteiger charge is -2.14. The molecular weight excluding hydrogens is 270 g/mol. The van der Waals surface area contributed by atoms with Crippen molar-refractivity contribution in [3.8, 4) is 0 Å². The third-order valence-corrected chi connectivity index (χ3v) is 4.19. The summed E-state index contributed by atoms with van der Waals surface area (Å²) >= 11 is 1.75. The zero-order valence-corrected chi connectivity index (χ0v) is 12.7. The summed E-state index contributed by atoms with van der Waals surface area (Å²) in [5.41, 5.74) is 5.12. The SMILES string of the molecule is Cc1cc(C(C)NC(=O)c2ccc(NN)cc2)c(C)s1. The highest BCUT2D eigenvalue weighted by atomic mass is 32.1. The second-order valence-corrected chi connectivity index (χ2v) is 6.25. The van der Waals surface area contributed by atoms with Crippen LogP contribution in [0.3, 0.4) is 0 Å². The second kappa shape index (κ2) is 6.07. The van der Waals surface area contributed by atoms with Crippen molar-refractivity contribution in [1.29, 1.82) is 0 Å². The van der Waals surface area contributed by atoms with E-state index in [0.29, 0.717) is 5.56 Å². The molecule has 1 heterocycles. The lowest BCUT2D eigenvalue weighted by atomic mass is 10.1. The topological polar surface area (TPSA) is 67.2 Å². The maximum Gasteiger partial charge on any atom is 0.251 e. The van der Waals surface area contributed by atoms with E-state index in [1.807, 2.05) is 6.92 Å². The first kappa shape index (κ1) is 14.6. The predicted molar refractivity (Wildman–Crippen MR) is 83.9 cm³/mol. The van der Waals surface area contributed by atoms with E-state index in [1.165, 1.54) is 15.3 Å². The number of hydrazine groups is 1. The maximum atomic E-state index is 12.2. The van der Waals surface area contributed by atoms with Crippen LogP contribution in [0.5, 0.6) is 0 Å². The van der Waals surface area contributed by atoms with Gasteiger partial charge in [0.25, 0.3) is 5.91 Å². The smallest absolute Gasteiger partial charge is 0.251 e. The van der Waals surface area contributed by atoms with Gasteiger partial charge in [0.1, 0.15) is 0 Å². The number of benzene rings is 1. The summed E-state index contributed by atoms with van der Waals surface area (Å²) in [7, 11) is 0. The molecule has 0 bridgehead atoms. The van der Waals surface area contributed by atoms with Gasteiger partial charge in [0.05, 0.1) is 6.04 Å². The highest BCUT2D eigenvalue weighted by Gasteiger charge is 2.14. The van der Waals surface area contributed by atoms with Crippen LogP contribution in [-0.4, -0.2) is 5.91 Å². The van der Waals surface area contributed by atoms with Crippen LogP contribution in [0.15, 0.2) is 30.3 Å². The van der Waals surface area contributed by atoms with Gasteiger partial charge in [0.2, 0.25) is 0 Å². The highest BCUT2D eigenvalue weighted by Crippen LogP contribution is 2.26. The Balaban J connectivity index is 2.08. The summed E-state index contributed by atoms with van der Waals surface area (Å²) in [5, 5.41) is 3.02. The molecule has 1 aromatic heterocycles. The van der Waals surface area contributed by atoms with Gasteiger partial charge in [-0.05, 0) is 56.7 Å². The van der Waals surface area contributed by atoms with Crippen LogP contribution in [0.1, 0.15) is 38.6 Å². The van der Waals surface area contributed by atoms with Crippen LogP contribution in [0.25, 0.3) is 0 Å². The normalized spacial score (nSPS) is 12.0. The Labute approximate surface area is 123 Å². The van der Waals surface area contributed by atoms with Crippen molar-refractivity contribution in [2.45, 2.75) is 26.8 Å². The Morgan fingerprint density at radius 1 is 1.25 bits per heavy atom. The zero-order valence-electron chi connectivity index (χ0n) is 11.9. The number of nitrogen functional groups attached to an aromatic ring is 1. The Morgan fingerprint density at radius 3 is 2.40 bits per heavy atom. The van der Waals surface area contributed by atoms with Crippen molar-refractivity contribution >= 4 is 22.9 Å². The molecule has 0 aliphatic rings. The molecule has 0 radical (unpaired) electrons. The number of aryl methyl sites for hydroxylation is 2. The Hall–Kier alpha value is -1.85. The van der Waals surface area contributed by atoms with E-state index in [2.05, 4.69) is 30.7 Å². The standard InChI is InChI=1S/C15H19N3OS/c1-9-8-14(11(3)20-9)10(2)17-15(19)12-4-6-13(18-16)7-5-12/h4-8,10,18H,16H2,1-3H3,(H,17,19). The van der Waals surface area contributed by atoms with E-state index in [-0.39, 0.29) is 11.9 Å². The van der Waals surface area contributed by atoms with Crippen LogP contribution >= 0.6 is 11.3 Å². The molecule has 2 aromatic rings. The number of nitrogens with two attached hydrogens (primary N) is 1. The van der Waals surface area contributed by atoms with Gasteiger partial charge in [-0.2, -0.15) is 0 Å². The third kappa shape index (κ3) is 3.18. The van der Waals surface area contributed by atoms with Gasteiger partial charge in [-0.1, -0.05) is 0 Å². The van der Waals surface area contributed by atoms with Crippen LogP contribution < -0.4 is 16.6 Å². The summed E-state index contributed by atoms with van der Waals surface area (Å²) in [6, 6.07) is 9.19. The van der Waals surface area contributed by atoms with Crippen molar-refractivity contribution in [2.24, 2.45) is 5.84 Å². The van der Waals surface area contributed by atoms with Crippen LogP contribution in [-0.2, 0) is 0 Å². The molecule has 0 fully saturated rings. The molecule has 2 rings (SSSR count). The third-order valence-electron chi connectivity index (χ3n) is 3.21. The highest BCUT2D eigenvalue weighted by molar-refractivity contribution is 7.12. The number of hydrogen-bond acceptors (Lipinski definition) is 4. The number of amides is 1. The predicted octanol–water partition coefficient (Wildman–Crippen LogP) is 3.14. The molecule has 4 N–H and O–H groups in total. The first-order valence-electron chi connectivity index (χ1n) is 6.45. The lowest BCUT2D eigenvalue weighted by Crippen LogP contribution is -2.26. The van der Waals surface area contributed by atoms with Crippen LogP contribution in [0.4, 0.5) is 5.69 Å². The molecule has 1 amide bonds. The average Bonchev–Trinajstić information content (AvgIpc) is 2.78. The summed E-state index contributed by atoms with van der Waals surface area (Å²) < 4.78 is 0. The molecule has 1 atom stereocenters. The monoisotopic (exact) mass is 289 g/mol. The van der Waals surface area contributed by atoms with E-state index in [1.54, 1.807) is 35.6 Å².